The highest BCUT2D eigenvalue weighted by Crippen LogP contribution is 2.39. The van der Waals surface area contributed by atoms with Crippen LogP contribution >= 0.6 is 11.8 Å². The molecule has 1 nitrogen and oxygen atoms in total. The molecular weight excluding hydrogens is 197 g/mol. The van der Waals surface area contributed by atoms with Crippen LogP contribution in [0.4, 0.5) is 10.1 Å². The number of hydrogen-bond acceptors (Lipinski definition) is 2. The molecule has 1 aliphatic rings. The Bertz CT molecular complexity index is 323. The molecule has 0 radical (unpaired) electrons. The largest absolute Gasteiger partial charge is 0.382 e. The number of thioether (sulfide) groups is 1. The van der Waals surface area contributed by atoms with E-state index < -0.39 is 5.67 Å². The summed E-state index contributed by atoms with van der Waals surface area (Å²) >= 11 is 1.70. The second kappa shape index (κ2) is 3.81. The van der Waals surface area contributed by atoms with Crippen molar-refractivity contribution < 1.29 is 4.39 Å². The lowest BCUT2D eigenvalue weighted by Crippen LogP contribution is -2.15. The minimum Gasteiger partial charge on any atom is -0.382 e. The molecule has 0 aliphatic heterocycles. The topological polar surface area (TPSA) is 12.0 Å². The van der Waals surface area contributed by atoms with Gasteiger partial charge in [-0.25, -0.2) is 4.39 Å². The van der Waals surface area contributed by atoms with Crippen molar-refractivity contribution in [2.75, 3.05) is 18.1 Å². The Morgan fingerprint density at radius 2 is 2.29 bits per heavy atom. The van der Waals surface area contributed by atoms with Gasteiger partial charge in [-0.15, -0.1) is 11.8 Å². The maximum absolute atomic E-state index is 13.3. The minimum absolute atomic E-state index is 0.449. The van der Waals surface area contributed by atoms with Crippen LogP contribution < -0.4 is 5.32 Å². The predicted molar refractivity (Wildman–Crippen MR) is 59.8 cm³/mol. The third kappa shape index (κ3) is 2.41. The number of hydrogen-bond donors (Lipinski definition) is 1. The first-order chi connectivity index (χ1) is 6.72. The van der Waals surface area contributed by atoms with Crippen molar-refractivity contribution in [3.05, 3.63) is 24.3 Å². The lowest BCUT2D eigenvalue weighted by atomic mass is 10.3. The molecule has 1 aromatic carbocycles. The van der Waals surface area contributed by atoms with Crippen LogP contribution in [0.2, 0.25) is 0 Å². The fourth-order valence-electron chi connectivity index (χ4n) is 1.31. The summed E-state index contributed by atoms with van der Waals surface area (Å²) in [5.41, 5.74) is 0.0933. The Kier molecular flexibility index (Phi) is 2.68. The SMILES string of the molecule is CSc1cccc(NCC2(F)CC2)c1. The highest BCUT2D eigenvalue weighted by atomic mass is 32.2. The highest BCUT2D eigenvalue weighted by Gasteiger charge is 2.42. The monoisotopic (exact) mass is 211 g/mol. The van der Waals surface area contributed by atoms with Crippen LogP contribution in [0.3, 0.4) is 0 Å². The second-order valence-electron chi connectivity index (χ2n) is 3.74. The summed E-state index contributed by atoms with van der Waals surface area (Å²) in [4.78, 5) is 1.21. The Morgan fingerprint density at radius 1 is 1.50 bits per heavy atom. The zero-order valence-corrected chi connectivity index (χ0v) is 9.03. The first kappa shape index (κ1) is 9.84. The lowest BCUT2D eigenvalue weighted by molar-refractivity contribution is 0.326. The molecule has 1 N–H and O–H groups in total. The van der Waals surface area contributed by atoms with Crippen LogP contribution in [0.1, 0.15) is 12.8 Å². The summed E-state index contributed by atoms with van der Waals surface area (Å²) in [6, 6.07) is 8.08. The Morgan fingerprint density at radius 3 is 2.93 bits per heavy atom. The molecule has 1 aromatic rings. The van der Waals surface area contributed by atoms with Gasteiger partial charge in [-0.05, 0) is 37.3 Å². The van der Waals surface area contributed by atoms with Gasteiger partial charge >= 0.3 is 0 Å². The lowest BCUT2D eigenvalue weighted by Gasteiger charge is -2.09. The number of halogens is 1. The van der Waals surface area contributed by atoms with Gasteiger partial charge in [0.05, 0.1) is 0 Å². The molecule has 76 valence electrons. The second-order valence-corrected chi connectivity index (χ2v) is 4.62. The molecule has 2 rings (SSSR count). The zero-order chi connectivity index (χ0) is 10.0. The molecule has 0 spiro atoms. The molecular formula is C11H14FNS. The fourth-order valence-corrected chi connectivity index (χ4v) is 1.77. The van der Waals surface area contributed by atoms with E-state index in [0.717, 1.165) is 5.69 Å². The molecule has 0 heterocycles. The standard InChI is InChI=1S/C11H14FNS/c1-14-10-4-2-3-9(7-10)13-8-11(12)5-6-11/h2-4,7,13H,5-6,8H2,1H3. The van der Waals surface area contributed by atoms with E-state index in [9.17, 15) is 4.39 Å². The average Bonchev–Trinajstić information content (AvgIpc) is 2.95. The number of rotatable bonds is 4. The molecule has 3 heteroatoms. The minimum atomic E-state index is -0.921. The zero-order valence-electron chi connectivity index (χ0n) is 8.22. The third-order valence-corrected chi connectivity index (χ3v) is 3.20. The first-order valence-corrected chi connectivity index (χ1v) is 6.01. The molecule has 1 saturated carbocycles. The van der Waals surface area contributed by atoms with Gasteiger partial charge in [-0.3, -0.25) is 0 Å². The maximum atomic E-state index is 13.3. The van der Waals surface area contributed by atoms with Crippen LogP contribution in [0.15, 0.2) is 29.2 Å². The number of benzene rings is 1. The molecule has 0 unspecified atom stereocenters. The van der Waals surface area contributed by atoms with Gasteiger partial charge in [0.15, 0.2) is 0 Å². The molecule has 0 amide bonds. The van der Waals surface area contributed by atoms with E-state index in [-0.39, 0.29) is 0 Å². The van der Waals surface area contributed by atoms with E-state index in [0.29, 0.717) is 19.4 Å². The van der Waals surface area contributed by atoms with E-state index in [1.807, 2.05) is 18.4 Å². The van der Waals surface area contributed by atoms with E-state index >= 15 is 0 Å². The van der Waals surface area contributed by atoms with E-state index in [1.54, 1.807) is 11.8 Å². The number of nitrogens with one attached hydrogen (secondary N) is 1. The van der Waals surface area contributed by atoms with Crippen molar-refractivity contribution in [2.45, 2.75) is 23.4 Å². The van der Waals surface area contributed by atoms with Crippen LogP contribution in [-0.4, -0.2) is 18.5 Å². The smallest absolute Gasteiger partial charge is 0.128 e. The van der Waals surface area contributed by atoms with Crippen molar-refractivity contribution in [3.63, 3.8) is 0 Å². The van der Waals surface area contributed by atoms with Gasteiger partial charge in [-0.1, -0.05) is 6.07 Å². The quantitative estimate of drug-likeness (QED) is 0.767. The van der Waals surface area contributed by atoms with Crippen molar-refractivity contribution in [1.29, 1.82) is 0 Å². The third-order valence-electron chi connectivity index (χ3n) is 2.47. The van der Waals surface area contributed by atoms with E-state index in [4.69, 9.17) is 0 Å². The van der Waals surface area contributed by atoms with Crippen molar-refractivity contribution in [2.24, 2.45) is 0 Å². The summed E-state index contributed by atoms with van der Waals surface area (Å²) in [6.45, 7) is 0.449. The van der Waals surface area contributed by atoms with Crippen LogP contribution in [0, 0.1) is 0 Å². The summed E-state index contributed by atoms with van der Waals surface area (Å²) < 4.78 is 13.3. The molecule has 1 fully saturated rings. The van der Waals surface area contributed by atoms with Gasteiger partial charge < -0.3 is 5.32 Å². The molecule has 0 atom stereocenters. The van der Waals surface area contributed by atoms with Gasteiger partial charge in [-0.2, -0.15) is 0 Å². The van der Waals surface area contributed by atoms with Crippen LogP contribution in [0.5, 0.6) is 0 Å². The molecule has 0 aromatic heterocycles. The van der Waals surface area contributed by atoms with Crippen molar-refractivity contribution >= 4 is 17.4 Å². The summed E-state index contributed by atoms with van der Waals surface area (Å²) in [6.07, 6.45) is 3.46. The number of anilines is 1. The Hall–Kier alpha value is -0.700. The average molecular weight is 211 g/mol. The van der Waals surface area contributed by atoms with Crippen LogP contribution in [0.25, 0.3) is 0 Å². The fraction of sp³-hybridized carbons (Fsp3) is 0.455. The number of alkyl halides is 1. The summed E-state index contributed by atoms with van der Waals surface area (Å²) in [5.74, 6) is 0. The molecule has 1 aliphatic carbocycles. The summed E-state index contributed by atoms with van der Waals surface area (Å²) in [7, 11) is 0. The highest BCUT2D eigenvalue weighted by molar-refractivity contribution is 7.98. The van der Waals surface area contributed by atoms with Gasteiger partial charge in [0, 0.05) is 17.1 Å². The predicted octanol–water partition coefficient (Wildman–Crippen LogP) is 3.32. The maximum Gasteiger partial charge on any atom is 0.128 e. The van der Waals surface area contributed by atoms with Gasteiger partial charge in [0.1, 0.15) is 5.67 Å². The normalized spacial score (nSPS) is 17.9. The molecule has 0 saturated heterocycles. The van der Waals surface area contributed by atoms with Crippen LogP contribution in [-0.2, 0) is 0 Å². The Balaban J connectivity index is 1.94. The summed E-state index contributed by atoms with van der Waals surface area (Å²) in [5, 5.41) is 3.13. The van der Waals surface area contributed by atoms with Crippen molar-refractivity contribution in [3.8, 4) is 0 Å². The van der Waals surface area contributed by atoms with Gasteiger partial charge in [0.25, 0.3) is 0 Å². The van der Waals surface area contributed by atoms with Gasteiger partial charge in [0.2, 0.25) is 0 Å². The molecule has 0 bridgehead atoms. The molecule has 14 heavy (non-hydrogen) atoms. The van der Waals surface area contributed by atoms with Crippen molar-refractivity contribution in [1.82, 2.24) is 0 Å². The Labute approximate surface area is 88.1 Å². The first-order valence-electron chi connectivity index (χ1n) is 4.79. The van der Waals surface area contributed by atoms with E-state index in [2.05, 4.69) is 17.4 Å². The van der Waals surface area contributed by atoms with E-state index in [1.165, 1.54) is 4.90 Å².